The van der Waals surface area contributed by atoms with Crippen molar-refractivity contribution in [1.82, 2.24) is 0 Å². The first-order valence-electron chi connectivity index (χ1n) is 12.1. The van der Waals surface area contributed by atoms with E-state index in [9.17, 15) is 4.79 Å². The number of hydrogen-bond acceptors (Lipinski definition) is 8. The number of carbonyl (C=O) groups is 1. The summed E-state index contributed by atoms with van der Waals surface area (Å²) in [4.78, 5) is 12.0. The van der Waals surface area contributed by atoms with Gasteiger partial charge in [0.1, 0.15) is 31.0 Å². The van der Waals surface area contributed by atoms with E-state index >= 15 is 0 Å². The summed E-state index contributed by atoms with van der Waals surface area (Å²) in [6.07, 6.45) is 5.14. The van der Waals surface area contributed by atoms with Crippen molar-refractivity contribution >= 4 is 5.97 Å². The molecule has 0 N–H and O–H groups in total. The summed E-state index contributed by atoms with van der Waals surface area (Å²) in [7, 11) is 0. The molecular weight excluding hydrogens is 476 g/mol. The molecule has 1 heterocycles. The minimum absolute atomic E-state index is 0.152. The minimum atomic E-state index is -0.798. The normalized spacial score (nSPS) is 23.1. The van der Waals surface area contributed by atoms with Crippen LogP contribution in [0.4, 0.5) is 0 Å². The quantitative estimate of drug-likeness (QED) is 0.154. The van der Waals surface area contributed by atoms with Crippen LogP contribution in [0.5, 0.6) is 0 Å². The molecule has 202 valence electrons. The van der Waals surface area contributed by atoms with E-state index in [2.05, 4.69) is 32.9 Å². The van der Waals surface area contributed by atoms with Gasteiger partial charge in [0, 0.05) is 0 Å². The largest absolute Gasteiger partial charge is 0.458 e. The van der Waals surface area contributed by atoms with E-state index in [1.807, 2.05) is 0 Å². The first kappa shape index (κ1) is 30.4. The van der Waals surface area contributed by atoms with E-state index in [0.29, 0.717) is 18.8 Å². The van der Waals surface area contributed by atoms with Crippen molar-refractivity contribution in [2.45, 2.75) is 37.3 Å². The van der Waals surface area contributed by atoms with Gasteiger partial charge in [0.15, 0.2) is 6.29 Å². The third-order valence-electron chi connectivity index (χ3n) is 5.26. The van der Waals surface area contributed by atoms with Crippen molar-refractivity contribution in [2.75, 3.05) is 39.6 Å². The van der Waals surface area contributed by atoms with Gasteiger partial charge >= 0.3 is 5.97 Å². The standard InChI is InChI=1S/C29H38O8/c1-6-15-31-21-24-25(32-16-7-2)26(33-17-8-3)27(34-18-9-4)29(37-24)36-20-22-11-13-23(14-12-22)28(30)35-19-10-5/h6-14,24-27,29H,1-5,15-21H2/t24-,25-,26+,27-,29-/m1/s1. The van der Waals surface area contributed by atoms with Crippen LogP contribution in [-0.2, 0) is 39.8 Å². The van der Waals surface area contributed by atoms with E-state index < -0.39 is 36.7 Å². The Morgan fingerprint density at radius 2 is 1.30 bits per heavy atom. The molecule has 1 saturated heterocycles. The summed E-state index contributed by atoms with van der Waals surface area (Å²) in [5, 5.41) is 0. The lowest BCUT2D eigenvalue weighted by molar-refractivity contribution is -0.322. The van der Waals surface area contributed by atoms with E-state index in [1.165, 1.54) is 6.08 Å². The van der Waals surface area contributed by atoms with Gasteiger partial charge < -0.3 is 33.2 Å². The molecule has 1 aromatic carbocycles. The zero-order chi connectivity index (χ0) is 26.9. The van der Waals surface area contributed by atoms with Crippen LogP contribution >= 0.6 is 0 Å². The number of benzene rings is 1. The first-order valence-corrected chi connectivity index (χ1v) is 12.1. The van der Waals surface area contributed by atoms with Crippen molar-refractivity contribution in [3.05, 3.63) is 98.7 Å². The maximum absolute atomic E-state index is 12.0. The van der Waals surface area contributed by atoms with E-state index in [4.69, 9.17) is 33.2 Å². The van der Waals surface area contributed by atoms with Crippen LogP contribution in [-0.4, -0.2) is 76.3 Å². The molecule has 1 aliphatic rings. The molecular formula is C29H38O8. The third-order valence-corrected chi connectivity index (χ3v) is 5.26. The van der Waals surface area contributed by atoms with E-state index in [-0.39, 0.29) is 33.0 Å². The fourth-order valence-electron chi connectivity index (χ4n) is 3.65. The summed E-state index contributed by atoms with van der Waals surface area (Å²) < 4.78 is 41.5. The van der Waals surface area contributed by atoms with Crippen LogP contribution in [0.3, 0.4) is 0 Å². The van der Waals surface area contributed by atoms with Gasteiger partial charge in [-0.05, 0) is 17.7 Å². The number of ether oxygens (including phenoxy) is 7. The lowest BCUT2D eigenvalue weighted by Gasteiger charge is -2.45. The molecule has 0 aromatic heterocycles. The molecule has 37 heavy (non-hydrogen) atoms. The maximum atomic E-state index is 12.0. The molecule has 8 heteroatoms. The maximum Gasteiger partial charge on any atom is 0.338 e. The third kappa shape index (κ3) is 9.85. The Balaban J connectivity index is 2.22. The number of esters is 1. The van der Waals surface area contributed by atoms with E-state index in [1.54, 1.807) is 48.6 Å². The SMILES string of the molecule is C=CCOC[C@H]1O[C@@H](OCc2ccc(C(=O)OCC=C)cc2)[C@H](OCC=C)[C@@H](OCC=C)[C@@H]1OCC=C. The van der Waals surface area contributed by atoms with Crippen molar-refractivity contribution in [2.24, 2.45) is 0 Å². The Morgan fingerprint density at radius 1 is 0.730 bits per heavy atom. The number of hydrogen-bond donors (Lipinski definition) is 0. The molecule has 1 aromatic rings. The van der Waals surface area contributed by atoms with Crippen LogP contribution in [0, 0.1) is 0 Å². The van der Waals surface area contributed by atoms with Crippen molar-refractivity contribution in [3.8, 4) is 0 Å². The predicted octanol–water partition coefficient (Wildman–Crippen LogP) is 4.19. The molecule has 0 spiro atoms. The van der Waals surface area contributed by atoms with Crippen LogP contribution in [0.2, 0.25) is 0 Å². The fourth-order valence-corrected chi connectivity index (χ4v) is 3.65. The highest BCUT2D eigenvalue weighted by atomic mass is 16.7. The molecule has 0 aliphatic carbocycles. The molecule has 0 saturated carbocycles. The van der Waals surface area contributed by atoms with Crippen LogP contribution in [0.15, 0.2) is 87.5 Å². The summed E-state index contributed by atoms with van der Waals surface area (Å²) in [5.41, 5.74) is 1.27. The van der Waals surface area contributed by atoms with Crippen LogP contribution in [0.25, 0.3) is 0 Å². The molecule has 2 rings (SSSR count). The fraction of sp³-hybridized carbons (Fsp3) is 0.414. The van der Waals surface area contributed by atoms with Crippen LogP contribution < -0.4 is 0 Å². The Hall–Kier alpha value is -2.85. The molecule has 0 amide bonds. The molecule has 0 radical (unpaired) electrons. The van der Waals surface area contributed by atoms with Gasteiger partial charge in [-0.15, -0.1) is 26.3 Å². The van der Waals surface area contributed by atoms with Gasteiger partial charge in [0.2, 0.25) is 0 Å². The lowest BCUT2D eigenvalue weighted by atomic mass is 9.98. The molecule has 1 aliphatic heterocycles. The van der Waals surface area contributed by atoms with Gasteiger partial charge in [-0.2, -0.15) is 0 Å². The van der Waals surface area contributed by atoms with Gasteiger partial charge in [-0.1, -0.05) is 49.1 Å². The molecule has 0 unspecified atom stereocenters. The molecule has 5 atom stereocenters. The Bertz CT molecular complexity index is 865. The Labute approximate surface area is 219 Å². The smallest absolute Gasteiger partial charge is 0.338 e. The molecule has 1 fully saturated rings. The average molecular weight is 515 g/mol. The minimum Gasteiger partial charge on any atom is -0.458 e. The molecule has 8 nitrogen and oxygen atoms in total. The Morgan fingerprint density at radius 3 is 1.89 bits per heavy atom. The number of carbonyl (C=O) groups excluding carboxylic acids is 1. The summed E-state index contributed by atoms with van der Waals surface area (Å²) in [6, 6.07) is 6.94. The Kier molecular flexibility index (Phi) is 14.4. The predicted molar refractivity (Wildman–Crippen MR) is 141 cm³/mol. The zero-order valence-corrected chi connectivity index (χ0v) is 21.3. The second kappa shape index (κ2) is 17.6. The number of rotatable bonds is 19. The summed E-state index contributed by atoms with van der Waals surface area (Å²) in [5.74, 6) is -0.420. The second-order valence-corrected chi connectivity index (χ2v) is 8.02. The highest BCUT2D eigenvalue weighted by Gasteiger charge is 2.48. The first-order chi connectivity index (χ1) is 18.1. The summed E-state index contributed by atoms with van der Waals surface area (Å²) in [6.45, 7) is 20.2. The van der Waals surface area contributed by atoms with Crippen molar-refractivity contribution in [3.63, 3.8) is 0 Å². The zero-order valence-electron chi connectivity index (χ0n) is 21.3. The van der Waals surface area contributed by atoms with E-state index in [0.717, 1.165) is 5.56 Å². The lowest BCUT2D eigenvalue weighted by Crippen LogP contribution is -2.62. The summed E-state index contributed by atoms with van der Waals surface area (Å²) >= 11 is 0. The highest BCUT2D eigenvalue weighted by Crippen LogP contribution is 2.30. The second-order valence-electron chi connectivity index (χ2n) is 8.02. The van der Waals surface area contributed by atoms with Crippen molar-refractivity contribution < 1.29 is 38.0 Å². The average Bonchev–Trinajstić information content (AvgIpc) is 2.92. The van der Waals surface area contributed by atoms with Crippen molar-refractivity contribution in [1.29, 1.82) is 0 Å². The van der Waals surface area contributed by atoms with Gasteiger partial charge in [-0.25, -0.2) is 4.79 Å². The molecule has 0 bridgehead atoms. The van der Waals surface area contributed by atoms with Gasteiger partial charge in [0.25, 0.3) is 0 Å². The topological polar surface area (TPSA) is 81.7 Å². The van der Waals surface area contributed by atoms with Gasteiger partial charge in [0.05, 0.1) is 45.2 Å². The van der Waals surface area contributed by atoms with Crippen LogP contribution in [0.1, 0.15) is 15.9 Å². The monoisotopic (exact) mass is 514 g/mol. The highest BCUT2D eigenvalue weighted by molar-refractivity contribution is 5.89. The van der Waals surface area contributed by atoms with Gasteiger partial charge in [-0.3, -0.25) is 0 Å².